The van der Waals surface area contributed by atoms with E-state index in [9.17, 15) is 4.79 Å². The molecule has 0 aliphatic carbocycles. The van der Waals surface area contributed by atoms with Crippen LogP contribution in [0.4, 0.5) is 0 Å². The first-order valence-electron chi connectivity index (χ1n) is 5.34. The van der Waals surface area contributed by atoms with Gasteiger partial charge in [0.15, 0.2) is 11.7 Å². The summed E-state index contributed by atoms with van der Waals surface area (Å²) < 4.78 is 7.11. The van der Waals surface area contributed by atoms with E-state index in [0.29, 0.717) is 5.52 Å². The van der Waals surface area contributed by atoms with Crippen molar-refractivity contribution >= 4 is 11.0 Å². The van der Waals surface area contributed by atoms with Crippen LogP contribution in [0.1, 0.15) is 19.1 Å². The summed E-state index contributed by atoms with van der Waals surface area (Å²) in [5, 5.41) is 22.7. The third-order valence-corrected chi connectivity index (χ3v) is 2.86. The Morgan fingerprint density at radius 1 is 1.59 bits per heavy atom. The molecule has 0 saturated carbocycles. The maximum absolute atomic E-state index is 11.4. The molecule has 0 unspecified atom stereocenters. The van der Waals surface area contributed by atoms with Crippen LogP contribution >= 0.6 is 0 Å². The third kappa shape index (κ3) is 1.61. The molecule has 2 atom stereocenters. The molecule has 1 aliphatic rings. The number of nitrogens with one attached hydrogen (secondary N) is 1. The second-order valence-corrected chi connectivity index (χ2v) is 3.94. The van der Waals surface area contributed by atoms with Crippen LogP contribution in [0, 0.1) is 0 Å². The molecule has 8 heteroatoms. The van der Waals surface area contributed by atoms with Gasteiger partial charge in [-0.05, 0) is 12.8 Å². The van der Waals surface area contributed by atoms with Gasteiger partial charge in [0.05, 0.1) is 18.9 Å². The molecule has 3 rings (SSSR count). The van der Waals surface area contributed by atoms with E-state index in [1.165, 1.54) is 10.9 Å². The van der Waals surface area contributed by atoms with Gasteiger partial charge in [0.2, 0.25) is 0 Å². The third-order valence-electron chi connectivity index (χ3n) is 2.86. The maximum Gasteiger partial charge on any atom is 0.294 e. The smallest absolute Gasteiger partial charge is 0.294 e. The number of hydrogen-bond acceptors (Lipinski definition) is 6. The van der Waals surface area contributed by atoms with Crippen molar-refractivity contribution in [1.29, 1.82) is 0 Å². The Labute approximate surface area is 95.2 Å². The number of ether oxygens (including phenoxy) is 1. The van der Waals surface area contributed by atoms with E-state index in [4.69, 9.17) is 9.84 Å². The van der Waals surface area contributed by atoms with Gasteiger partial charge in [0, 0.05) is 0 Å². The number of fused-ring (bicyclic) bond motifs is 1. The summed E-state index contributed by atoms with van der Waals surface area (Å²) in [4.78, 5) is 11.4. The predicted octanol–water partition coefficient (Wildman–Crippen LogP) is -0.816. The summed E-state index contributed by atoms with van der Waals surface area (Å²) in [7, 11) is 0. The lowest BCUT2D eigenvalue weighted by Gasteiger charge is -2.12. The van der Waals surface area contributed by atoms with E-state index in [-0.39, 0.29) is 30.0 Å². The average Bonchev–Trinajstić information content (AvgIpc) is 2.94. The fourth-order valence-electron chi connectivity index (χ4n) is 2.00. The molecule has 8 nitrogen and oxygen atoms in total. The minimum Gasteiger partial charge on any atom is -0.394 e. The average molecular weight is 237 g/mol. The topological polar surface area (TPSA) is 106 Å². The first-order chi connectivity index (χ1) is 8.29. The van der Waals surface area contributed by atoms with Crippen molar-refractivity contribution in [3.05, 3.63) is 16.6 Å². The van der Waals surface area contributed by atoms with Crippen molar-refractivity contribution in [2.45, 2.75) is 25.2 Å². The molecular weight excluding hydrogens is 226 g/mol. The second-order valence-electron chi connectivity index (χ2n) is 3.94. The van der Waals surface area contributed by atoms with Crippen LogP contribution in [0.5, 0.6) is 0 Å². The predicted molar refractivity (Wildman–Crippen MR) is 56.2 cm³/mol. The van der Waals surface area contributed by atoms with E-state index >= 15 is 0 Å². The van der Waals surface area contributed by atoms with Crippen molar-refractivity contribution in [3.63, 3.8) is 0 Å². The number of hydrogen-bond donors (Lipinski definition) is 2. The van der Waals surface area contributed by atoms with Gasteiger partial charge in [-0.3, -0.25) is 4.79 Å². The quantitative estimate of drug-likeness (QED) is 0.707. The summed E-state index contributed by atoms with van der Waals surface area (Å²) in [6, 6.07) is 0. The molecule has 0 aromatic carbocycles. The van der Waals surface area contributed by atoms with E-state index < -0.39 is 0 Å². The van der Waals surface area contributed by atoms with E-state index in [1.807, 2.05) is 0 Å². The zero-order chi connectivity index (χ0) is 11.8. The maximum atomic E-state index is 11.4. The highest BCUT2D eigenvalue weighted by atomic mass is 16.5. The van der Waals surface area contributed by atoms with Crippen LogP contribution in [0.25, 0.3) is 11.0 Å². The molecule has 0 radical (unpaired) electrons. The van der Waals surface area contributed by atoms with Crippen LogP contribution in [-0.2, 0) is 4.74 Å². The minimum absolute atomic E-state index is 0.0119. The number of rotatable bonds is 2. The number of aromatic amines is 1. The standard InChI is InChI=1S/C9H11N5O3/c15-4-5-1-2-7(17-5)14-6-3-10-12-9(16)8(6)11-13-14/h3,5,7,15H,1-2,4H2,(H,12,16)/t5-,7+/m0/s1. The molecule has 90 valence electrons. The first-order valence-corrected chi connectivity index (χ1v) is 5.34. The Morgan fingerprint density at radius 3 is 3.24 bits per heavy atom. The fourth-order valence-corrected chi connectivity index (χ4v) is 2.00. The van der Waals surface area contributed by atoms with Crippen LogP contribution in [-0.4, -0.2) is 43.0 Å². The molecule has 17 heavy (non-hydrogen) atoms. The summed E-state index contributed by atoms with van der Waals surface area (Å²) >= 11 is 0. The molecule has 0 spiro atoms. The number of aliphatic hydroxyl groups is 1. The summed E-state index contributed by atoms with van der Waals surface area (Å²) in [6.07, 6.45) is 2.53. The van der Waals surface area contributed by atoms with Crippen LogP contribution in [0.15, 0.2) is 11.0 Å². The Bertz CT molecular complexity index is 592. The van der Waals surface area contributed by atoms with Gasteiger partial charge in [-0.1, -0.05) is 5.21 Å². The normalized spacial score (nSPS) is 24.5. The number of nitrogens with zero attached hydrogens (tertiary/aromatic N) is 4. The zero-order valence-corrected chi connectivity index (χ0v) is 8.91. The van der Waals surface area contributed by atoms with Gasteiger partial charge in [-0.15, -0.1) is 5.10 Å². The lowest BCUT2D eigenvalue weighted by Crippen LogP contribution is -2.15. The Balaban J connectivity index is 2.02. The van der Waals surface area contributed by atoms with E-state index in [1.54, 1.807) is 0 Å². The van der Waals surface area contributed by atoms with Gasteiger partial charge in [-0.25, -0.2) is 9.78 Å². The SMILES string of the molecule is O=c1[nH]ncc2c1nnn2[C@H]1CC[C@@H](CO)O1. The van der Waals surface area contributed by atoms with Crippen molar-refractivity contribution < 1.29 is 9.84 Å². The lowest BCUT2D eigenvalue weighted by atomic mass is 10.2. The van der Waals surface area contributed by atoms with Gasteiger partial charge in [-0.2, -0.15) is 5.10 Å². The molecule has 2 aromatic rings. The molecule has 0 bridgehead atoms. The molecule has 1 saturated heterocycles. The molecule has 0 amide bonds. The summed E-state index contributed by atoms with van der Waals surface area (Å²) in [5.74, 6) is 0. The molecule has 2 N–H and O–H groups in total. The van der Waals surface area contributed by atoms with Crippen molar-refractivity contribution in [2.75, 3.05) is 6.61 Å². The van der Waals surface area contributed by atoms with Crippen molar-refractivity contribution in [3.8, 4) is 0 Å². The zero-order valence-electron chi connectivity index (χ0n) is 8.91. The molecule has 2 aromatic heterocycles. The van der Waals surface area contributed by atoms with Crippen molar-refractivity contribution in [2.24, 2.45) is 0 Å². The molecule has 3 heterocycles. The molecular formula is C9H11N5O3. The summed E-state index contributed by atoms with van der Waals surface area (Å²) in [5.41, 5.74) is 0.416. The van der Waals surface area contributed by atoms with Gasteiger partial charge in [0.1, 0.15) is 5.52 Å². The Kier molecular flexibility index (Phi) is 2.37. The molecule has 1 aliphatic heterocycles. The highest BCUT2D eigenvalue weighted by Gasteiger charge is 2.28. The van der Waals surface area contributed by atoms with Crippen LogP contribution in [0.2, 0.25) is 0 Å². The summed E-state index contributed by atoms with van der Waals surface area (Å²) in [6.45, 7) is -0.0119. The van der Waals surface area contributed by atoms with Gasteiger partial charge in [0.25, 0.3) is 5.56 Å². The Morgan fingerprint density at radius 2 is 2.47 bits per heavy atom. The number of H-pyrrole nitrogens is 1. The van der Waals surface area contributed by atoms with Gasteiger partial charge >= 0.3 is 0 Å². The number of aromatic nitrogens is 5. The molecule has 1 fully saturated rings. The monoisotopic (exact) mass is 237 g/mol. The largest absolute Gasteiger partial charge is 0.394 e. The Hall–Kier alpha value is -1.80. The van der Waals surface area contributed by atoms with Crippen LogP contribution in [0.3, 0.4) is 0 Å². The second kappa shape index (κ2) is 3.90. The first kappa shape index (κ1) is 10.4. The van der Waals surface area contributed by atoms with Crippen LogP contribution < -0.4 is 5.56 Å². The van der Waals surface area contributed by atoms with E-state index in [0.717, 1.165) is 12.8 Å². The lowest BCUT2D eigenvalue weighted by molar-refractivity contribution is -0.0268. The highest BCUT2D eigenvalue weighted by Crippen LogP contribution is 2.28. The van der Waals surface area contributed by atoms with Crippen molar-refractivity contribution in [1.82, 2.24) is 25.2 Å². The van der Waals surface area contributed by atoms with E-state index in [2.05, 4.69) is 20.5 Å². The highest BCUT2D eigenvalue weighted by molar-refractivity contribution is 5.71. The number of aliphatic hydroxyl groups excluding tert-OH is 1. The minimum atomic E-state index is -0.370. The fraction of sp³-hybridized carbons (Fsp3) is 0.556. The van der Waals surface area contributed by atoms with Gasteiger partial charge < -0.3 is 9.84 Å².